The minimum Gasteiger partial charge on any atom is -0.368 e. The average molecular weight is 318 g/mol. The highest BCUT2D eigenvalue weighted by atomic mass is 16.7. The highest BCUT2D eigenvalue weighted by Gasteiger charge is 2.25. The highest BCUT2D eigenvalue weighted by Crippen LogP contribution is 2.35. The van der Waals surface area contributed by atoms with E-state index in [1.807, 2.05) is 0 Å². The number of hydroxylamine groups is 2. The topological polar surface area (TPSA) is 32.8 Å². The van der Waals surface area contributed by atoms with Crippen LogP contribution in [0.4, 0.5) is 5.69 Å². The molecule has 0 unspecified atom stereocenters. The van der Waals surface area contributed by atoms with Gasteiger partial charge in [-0.25, -0.2) is 0 Å². The fourth-order valence-corrected chi connectivity index (χ4v) is 2.99. The van der Waals surface area contributed by atoms with E-state index in [4.69, 9.17) is 4.84 Å². The maximum Gasteiger partial charge on any atom is 0.322 e. The first kappa shape index (κ1) is 17.8. The van der Waals surface area contributed by atoms with Crippen molar-refractivity contribution in [2.24, 2.45) is 0 Å². The minimum absolute atomic E-state index is 0.104. The van der Waals surface area contributed by atoms with Crippen molar-refractivity contribution in [2.75, 3.05) is 31.1 Å². The molecule has 1 saturated heterocycles. The van der Waals surface area contributed by atoms with Gasteiger partial charge in [-0.15, -0.1) is 5.06 Å². The fourth-order valence-electron chi connectivity index (χ4n) is 2.99. The Bertz CT molecular complexity index is 553. The van der Waals surface area contributed by atoms with Gasteiger partial charge in [-0.05, 0) is 28.5 Å². The molecule has 0 saturated carbocycles. The lowest BCUT2D eigenvalue weighted by atomic mass is 9.83. The quantitative estimate of drug-likeness (QED) is 0.850. The van der Waals surface area contributed by atoms with Gasteiger partial charge < -0.3 is 9.74 Å². The van der Waals surface area contributed by atoms with Crippen LogP contribution in [0.3, 0.4) is 0 Å². The van der Waals surface area contributed by atoms with E-state index in [2.05, 4.69) is 57.7 Å². The molecule has 1 aliphatic heterocycles. The van der Waals surface area contributed by atoms with Gasteiger partial charge in [0, 0.05) is 25.7 Å². The summed E-state index contributed by atoms with van der Waals surface area (Å²) < 4.78 is 0. The molecule has 0 atom stereocenters. The van der Waals surface area contributed by atoms with E-state index in [0.717, 1.165) is 26.2 Å². The molecule has 4 heteroatoms. The Morgan fingerprint density at radius 2 is 1.74 bits per heavy atom. The summed E-state index contributed by atoms with van der Waals surface area (Å²) in [5.41, 5.74) is 4.19. The summed E-state index contributed by atoms with van der Waals surface area (Å²) in [6.07, 6.45) is 0. The second kappa shape index (κ2) is 6.91. The Hall–Kier alpha value is -1.55. The molecule has 0 aromatic heterocycles. The van der Waals surface area contributed by atoms with Crippen LogP contribution in [0, 0.1) is 0 Å². The largest absolute Gasteiger partial charge is 0.368 e. The second-order valence-electron chi connectivity index (χ2n) is 7.68. The van der Waals surface area contributed by atoms with Crippen molar-refractivity contribution in [3.8, 4) is 0 Å². The van der Waals surface area contributed by atoms with Gasteiger partial charge >= 0.3 is 5.97 Å². The molecule has 0 N–H and O–H groups in total. The molecule has 128 valence electrons. The zero-order valence-corrected chi connectivity index (χ0v) is 15.3. The second-order valence-corrected chi connectivity index (χ2v) is 7.68. The number of hydrogen-bond donors (Lipinski definition) is 0. The van der Waals surface area contributed by atoms with Gasteiger partial charge in [-0.2, -0.15) is 0 Å². The molecule has 23 heavy (non-hydrogen) atoms. The Morgan fingerprint density at radius 3 is 2.22 bits per heavy atom. The molecule has 1 aliphatic rings. The van der Waals surface area contributed by atoms with Crippen LogP contribution in [-0.2, 0) is 15.0 Å². The third-order valence-electron chi connectivity index (χ3n) is 4.33. The van der Waals surface area contributed by atoms with Gasteiger partial charge in [-0.1, -0.05) is 46.8 Å². The van der Waals surface area contributed by atoms with Crippen molar-refractivity contribution in [1.29, 1.82) is 0 Å². The molecule has 0 spiro atoms. The maximum atomic E-state index is 11.1. The van der Waals surface area contributed by atoms with E-state index in [-0.39, 0.29) is 11.4 Å². The summed E-state index contributed by atoms with van der Waals surface area (Å²) in [6.45, 7) is 16.0. The van der Waals surface area contributed by atoms with E-state index in [0.29, 0.717) is 5.92 Å². The third-order valence-corrected chi connectivity index (χ3v) is 4.33. The first-order valence-corrected chi connectivity index (χ1v) is 8.51. The number of anilines is 1. The van der Waals surface area contributed by atoms with E-state index < -0.39 is 0 Å². The number of hydrogen-bond acceptors (Lipinski definition) is 4. The molecular formula is C19H30N2O2. The molecule has 1 aromatic carbocycles. The van der Waals surface area contributed by atoms with Crippen LogP contribution >= 0.6 is 0 Å². The maximum absolute atomic E-state index is 11.1. The molecule has 1 aromatic rings. The van der Waals surface area contributed by atoms with Crippen LogP contribution in [-0.4, -0.2) is 37.2 Å². The van der Waals surface area contributed by atoms with Gasteiger partial charge in [0.1, 0.15) is 0 Å². The van der Waals surface area contributed by atoms with Crippen molar-refractivity contribution in [2.45, 2.75) is 52.9 Å². The van der Waals surface area contributed by atoms with Crippen LogP contribution in [0.5, 0.6) is 0 Å². The Labute approximate surface area is 140 Å². The Morgan fingerprint density at radius 1 is 1.13 bits per heavy atom. The van der Waals surface area contributed by atoms with Gasteiger partial charge in [0.15, 0.2) is 0 Å². The lowest BCUT2D eigenvalue weighted by Gasteiger charge is -2.37. The molecular weight excluding hydrogens is 288 g/mol. The van der Waals surface area contributed by atoms with Crippen LogP contribution in [0.25, 0.3) is 0 Å². The molecule has 2 rings (SSSR count). The van der Waals surface area contributed by atoms with E-state index >= 15 is 0 Å². The third kappa shape index (κ3) is 4.47. The van der Waals surface area contributed by atoms with Crippen LogP contribution in [0.2, 0.25) is 0 Å². The number of nitrogens with zero attached hydrogens (tertiary/aromatic N) is 2. The molecule has 0 amide bonds. The van der Waals surface area contributed by atoms with Gasteiger partial charge in [0.05, 0.1) is 13.1 Å². The van der Waals surface area contributed by atoms with Crippen LogP contribution in [0.1, 0.15) is 58.6 Å². The van der Waals surface area contributed by atoms with Crippen molar-refractivity contribution in [1.82, 2.24) is 5.06 Å². The number of piperazine rings is 1. The monoisotopic (exact) mass is 318 g/mol. The number of carbonyl (C=O) groups is 1. The normalized spacial score (nSPS) is 16.7. The standard InChI is InChI=1S/C19H30N2O2/c1-14(2)16-7-8-18(17(13-16)19(4,5)6)20-9-11-21(12-10-20)23-15(3)22/h7-8,13-14H,9-12H2,1-6H3. The molecule has 1 fully saturated rings. The zero-order chi connectivity index (χ0) is 17.2. The summed E-state index contributed by atoms with van der Waals surface area (Å²) in [5.74, 6) is 0.293. The van der Waals surface area contributed by atoms with E-state index in [9.17, 15) is 4.79 Å². The van der Waals surface area contributed by atoms with Gasteiger partial charge in [-0.3, -0.25) is 4.79 Å². The molecule has 0 radical (unpaired) electrons. The fraction of sp³-hybridized carbons (Fsp3) is 0.632. The summed E-state index contributed by atoms with van der Waals surface area (Å²) in [4.78, 5) is 18.7. The first-order valence-electron chi connectivity index (χ1n) is 8.51. The zero-order valence-electron chi connectivity index (χ0n) is 15.3. The van der Waals surface area contributed by atoms with Crippen molar-refractivity contribution in [3.63, 3.8) is 0 Å². The van der Waals surface area contributed by atoms with Gasteiger partial charge in [0.2, 0.25) is 0 Å². The predicted octanol–water partition coefficient (Wildman–Crippen LogP) is 3.71. The SMILES string of the molecule is CC(=O)ON1CCN(c2ccc(C(C)C)cc2C(C)(C)C)CC1. The van der Waals surface area contributed by atoms with Gasteiger partial charge in [0.25, 0.3) is 0 Å². The molecule has 1 heterocycles. The summed E-state index contributed by atoms with van der Waals surface area (Å²) >= 11 is 0. The molecule has 0 bridgehead atoms. The first-order chi connectivity index (χ1) is 10.7. The molecule has 0 aliphatic carbocycles. The van der Waals surface area contributed by atoms with E-state index in [1.165, 1.54) is 23.7 Å². The van der Waals surface area contributed by atoms with E-state index in [1.54, 1.807) is 5.06 Å². The Balaban J connectivity index is 2.21. The smallest absolute Gasteiger partial charge is 0.322 e. The summed E-state index contributed by atoms with van der Waals surface area (Å²) in [6, 6.07) is 6.86. The number of benzene rings is 1. The number of rotatable bonds is 3. The molecule has 4 nitrogen and oxygen atoms in total. The summed E-state index contributed by atoms with van der Waals surface area (Å²) in [7, 11) is 0. The Kier molecular flexibility index (Phi) is 5.35. The van der Waals surface area contributed by atoms with Crippen molar-refractivity contribution < 1.29 is 9.63 Å². The predicted molar refractivity (Wildman–Crippen MR) is 94.8 cm³/mol. The van der Waals surface area contributed by atoms with Crippen molar-refractivity contribution in [3.05, 3.63) is 29.3 Å². The minimum atomic E-state index is -0.241. The lowest BCUT2D eigenvalue weighted by Crippen LogP contribution is -2.47. The highest BCUT2D eigenvalue weighted by molar-refractivity contribution is 5.65. The average Bonchev–Trinajstić information content (AvgIpc) is 2.46. The summed E-state index contributed by atoms with van der Waals surface area (Å²) in [5, 5.41) is 1.76. The van der Waals surface area contributed by atoms with Crippen LogP contribution < -0.4 is 4.90 Å². The lowest BCUT2D eigenvalue weighted by molar-refractivity contribution is -0.188. The van der Waals surface area contributed by atoms with Crippen LogP contribution in [0.15, 0.2) is 18.2 Å². The number of carbonyl (C=O) groups excluding carboxylic acids is 1. The van der Waals surface area contributed by atoms with Crippen molar-refractivity contribution >= 4 is 11.7 Å².